The molecule has 0 saturated heterocycles. The van der Waals surface area contributed by atoms with E-state index < -0.39 is 5.97 Å². The number of carboxylic acids is 1. The van der Waals surface area contributed by atoms with Crippen LogP contribution < -0.4 is 0 Å². The number of hydrogen-bond acceptors (Lipinski definition) is 6. The van der Waals surface area contributed by atoms with E-state index in [4.69, 9.17) is 5.11 Å². The standard InChI is InChI=1S/C19H24N6O3/c1-10(2)12-5-4-11(3)15(6-12)25-16-14(8-21-25)22-19(23-17(16)26)24-9-13(7-20-24)18(27)28/h7-12,15H,4-6H2,1-3H3,(H,27,28)(H,22,23,26)/t11-,12-,15+/m1/s1. The Balaban J connectivity index is 1.73. The lowest BCUT2D eigenvalue weighted by Crippen LogP contribution is -2.29. The highest BCUT2D eigenvalue weighted by atomic mass is 16.4. The molecule has 3 atom stereocenters. The first-order valence-electron chi connectivity index (χ1n) is 9.57. The highest BCUT2D eigenvalue weighted by Crippen LogP contribution is 2.41. The lowest BCUT2D eigenvalue weighted by Gasteiger charge is -2.36. The van der Waals surface area contributed by atoms with Crippen LogP contribution in [-0.4, -0.2) is 45.7 Å². The molecule has 28 heavy (non-hydrogen) atoms. The van der Waals surface area contributed by atoms with E-state index in [0.717, 1.165) is 12.8 Å². The van der Waals surface area contributed by atoms with Gasteiger partial charge < -0.3 is 10.2 Å². The van der Waals surface area contributed by atoms with Crippen LogP contribution >= 0.6 is 0 Å². The van der Waals surface area contributed by atoms with Crippen molar-refractivity contribution in [2.75, 3.05) is 0 Å². The maximum absolute atomic E-state index is 11.1. The summed E-state index contributed by atoms with van der Waals surface area (Å²) in [5.74, 6) is 0.521. The normalized spacial score (nSPS) is 22.8. The molecule has 1 aliphatic carbocycles. The van der Waals surface area contributed by atoms with Crippen LogP contribution in [0.4, 0.5) is 0 Å². The molecule has 0 amide bonds. The summed E-state index contributed by atoms with van der Waals surface area (Å²) in [5.41, 5.74) is 1.04. The van der Waals surface area contributed by atoms with Crippen molar-refractivity contribution in [1.82, 2.24) is 29.5 Å². The molecule has 2 N–H and O–H groups in total. The van der Waals surface area contributed by atoms with E-state index in [0.29, 0.717) is 28.8 Å². The average Bonchev–Trinajstić information content (AvgIpc) is 3.29. The van der Waals surface area contributed by atoms with Crippen molar-refractivity contribution in [2.45, 2.75) is 46.1 Å². The Hall–Kier alpha value is -2.97. The summed E-state index contributed by atoms with van der Waals surface area (Å²) in [6, 6.07) is 0.183. The van der Waals surface area contributed by atoms with Gasteiger partial charge in [0.2, 0.25) is 5.88 Å². The molecule has 148 valence electrons. The van der Waals surface area contributed by atoms with Crippen LogP contribution in [0.25, 0.3) is 17.0 Å². The van der Waals surface area contributed by atoms with Crippen molar-refractivity contribution < 1.29 is 15.0 Å². The molecule has 1 fully saturated rings. The van der Waals surface area contributed by atoms with E-state index in [1.165, 1.54) is 23.5 Å². The lowest BCUT2D eigenvalue weighted by molar-refractivity contribution is 0.0697. The first-order valence-corrected chi connectivity index (χ1v) is 9.57. The summed E-state index contributed by atoms with van der Waals surface area (Å²) in [7, 11) is 0. The Kier molecular flexibility index (Phi) is 4.52. The topological polar surface area (TPSA) is 119 Å². The third kappa shape index (κ3) is 3.10. The van der Waals surface area contributed by atoms with Crippen molar-refractivity contribution in [3.05, 3.63) is 24.2 Å². The second kappa shape index (κ2) is 6.88. The number of rotatable bonds is 4. The minimum Gasteiger partial charge on any atom is -0.492 e. The van der Waals surface area contributed by atoms with Crippen molar-refractivity contribution in [3.8, 4) is 11.8 Å². The van der Waals surface area contributed by atoms with E-state index >= 15 is 0 Å². The zero-order valence-corrected chi connectivity index (χ0v) is 16.1. The van der Waals surface area contributed by atoms with Gasteiger partial charge in [0.15, 0.2) is 0 Å². The largest absolute Gasteiger partial charge is 0.492 e. The molecule has 1 aliphatic rings. The Labute approximate surface area is 162 Å². The first-order chi connectivity index (χ1) is 13.3. The van der Waals surface area contributed by atoms with Gasteiger partial charge in [0, 0.05) is 6.20 Å². The molecule has 3 heterocycles. The quantitative estimate of drug-likeness (QED) is 0.709. The number of aromatic carboxylic acids is 1. The summed E-state index contributed by atoms with van der Waals surface area (Å²) < 4.78 is 3.09. The molecule has 4 rings (SSSR count). The van der Waals surface area contributed by atoms with Gasteiger partial charge in [-0.2, -0.15) is 15.2 Å². The molecule has 9 heteroatoms. The summed E-state index contributed by atoms with van der Waals surface area (Å²) in [6.45, 7) is 6.72. The highest BCUT2D eigenvalue weighted by Gasteiger charge is 2.32. The Morgan fingerprint density at radius 1 is 1.21 bits per heavy atom. The number of hydrogen-bond donors (Lipinski definition) is 2. The number of carboxylic acid groups (broad SMARTS) is 1. The number of aromatic nitrogens is 6. The van der Waals surface area contributed by atoms with E-state index in [9.17, 15) is 9.90 Å². The molecule has 0 bridgehead atoms. The van der Waals surface area contributed by atoms with Gasteiger partial charge >= 0.3 is 5.97 Å². The zero-order valence-electron chi connectivity index (χ0n) is 16.1. The van der Waals surface area contributed by atoms with Gasteiger partial charge in [-0.25, -0.2) is 14.5 Å². The van der Waals surface area contributed by atoms with Crippen LogP contribution in [0.5, 0.6) is 5.88 Å². The van der Waals surface area contributed by atoms with E-state index in [1.54, 1.807) is 6.20 Å². The van der Waals surface area contributed by atoms with Gasteiger partial charge in [-0.15, -0.1) is 0 Å². The molecule has 3 aromatic rings. The maximum Gasteiger partial charge on any atom is 0.338 e. The molecular formula is C19H24N6O3. The highest BCUT2D eigenvalue weighted by molar-refractivity contribution is 5.87. The molecule has 3 aromatic heterocycles. The van der Waals surface area contributed by atoms with E-state index in [-0.39, 0.29) is 23.4 Å². The van der Waals surface area contributed by atoms with E-state index in [1.807, 2.05) is 4.68 Å². The number of fused-ring (bicyclic) bond motifs is 1. The minimum absolute atomic E-state index is 0.0228. The van der Waals surface area contributed by atoms with Gasteiger partial charge in [0.05, 0.1) is 24.0 Å². The van der Waals surface area contributed by atoms with Crippen molar-refractivity contribution >= 4 is 17.0 Å². The molecule has 0 aromatic carbocycles. The fourth-order valence-electron chi connectivity index (χ4n) is 4.10. The summed E-state index contributed by atoms with van der Waals surface area (Å²) in [5, 5.41) is 28.2. The second-order valence-electron chi connectivity index (χ2n) is 8.01. The van der Waals surface area contributed by atoms with Gasteiger partial charge in [0.25, 0.3) is 5.95 Å². The summed E-state index contributed by atoms with van der Waals surface area (Å²) in [4.78, 5) is 19.6. The van der Waals surface area contributed by atoms with Crippen molar-refractivity contribution in [1.29, 1.82) is 0 Å². The van der Waals surface area contributed by atoms with Crippen LogP contribution in [0.1, 0.15) is 56.4 Å². The summed E-state index contributed by atoms with van der Waals surface area (Å²) >= 11 is 0. The van der Waals surface area contributed by atoms with Gasteiger partial charge in [-0.1, -0.05) is 20.8 Å². The van der Waals surface area contributed by atoms with Gasteiger partial charge in [0.1, 0.15) is 11.0 Å². The SMILES string of the molecule is CC(C)[C@@H]1CC[C@@H](C)[C@@H](n2ncc3nc(-n4cc(C(=O)O)cn4)nc(O)c32)C1. The molecule has 0 unspecified atom stereocenters. The number of nitrogens with zero attached hydrogens (tertiary/aromatic N) is 6. The van der Waals surface area contributed by atoms with Gasteiger partial charge in [-0.05, 0) is 37.0 Å². The second-order valence-corrected chi connectivity index (χ2v) is 8.01. The van der Waals surface area contributed by atoms with E-state index in [2.05, 4.69) is 40.9 Å². The third-order valence-electron chi connectivity index (χ3n) is 5.90. The van der Waals surface area contributed by atoms with Gasteiger partial charge in [-0.3, -0.25) is 4.68 Å². The van der Waals surface area contributed by atoms with Crippen LogP contribution in [-0.2, 0) is 0 Å². The Bertz CT molecular complexity index is 1020. The van der Waals surface area contributed by atoms with Crippen molar-refractivity contribution in [3.63, 3.8) is 0 Å². The predicted octanol–water partition coefficient (Wildman–Crippen LogP) is 3.05. The Morgan fingerprint density at radius 3 is 2.68 bits per heavy atom. The molecular weight excluding hydrogens is 360 g/mol. The van der Waals surface area contributed by atoms with Crippen LogP contribution in [0.2, 0.25) is 0 Å². The minimum atomic E-state index is -1.09. The fourth-order valence-corrected chi connectivity index (χ4v) is 4.10. The smallest absolute Gasteiger partial charge is 0.338 e. The monoisotopic (exact) mass is 384 g/mol. The molecule has 9 nitrogen and oxygen atoms in total. The first kappa shape index (κ1) is 18.4. The van der Waals surface area contributed by atoms with Crippen LogP contribution in [0.15, 0.2) is 18.6 Å². The molecule has 0 spiro atoms. The summed E-state index contributed by atoms with van der Waals surface area (Å²) in [6.07, 6.45) is 7.49. The van der Waals surface area contributed by atoms with Crippen LogP contribution in [0, 0.1) is 17.8 Å². The number of carbonyl (C=O) groups is 1. The lowest BCUT2D eigenvalue weighted by atomic mass is 9.74. The Morgan fingerprint density at radius 2 is 2.00 bits per heavy atom. The molecule has 1 saturated carbocycles. The number of aromatic hydroxyl groups is 1. The molecule has 0 aliphatic heterocycles. The van der Waals surface area contributed by atoms with Crippen LogP contribution in [0.3, 0.4) is 0 Å². The van der Waals surface area contributed by atoms with Crippen molar-refractivity contribution in [2.24, 2.45) is 17.8 Å². The fraction of sp³-hybridized carbons (Fsp3) is 0.526. The third-order valence-corrected chi connectivity index (χ3v) is 5.90. The average molecular weight is 384 g/mol. The predicted molar refractivity (Wildman–Crippen MR) is 101 cm³/mol. The zero-order chi connectivity index (χ0) is 20.0. The molecule has 0 radical (unpaired) electrons. The maximum atomic E-state index is 11.1.